The number of carbonyl (C=O) groups is 2. The standard InChI is InChI=1S/C13H13Cl2FN2O3/c14-8-4-7(16)5-9(15)10(8)18-12(21)17-6-13(11(19)20)2-1-3-13/h4-5H,1-3,6H2,(H,19,20)(H2,17,18,21). The summed E-state index contributed by atoms with van der Waals surface area (Å²) in [7, 11) is 0. The summed E-state index contributed by atoms with van der Waals surface area (Å²) in [6.45, 7) is 0.0185. The fraction of sp³-hybridized carbons (Fsp3) is 0.385. The van der Waals surface area contributed by atoms with Gasteiger partial charge in [0, 0.05) is 6.54 Å². The molecule has 2 amide bonds. The molecule has 5 nitrogen and oxygen atoms in total. The second-order valence-electron chi connectivity index (χ2n) is 4.99. The van der Waals surface area contributed by atoms with Crippen molar-refractivity contribution in [3.63, 3.8) is 0 Å². The van der Waals surface area contributed by atoms with Crippen molar-refractivity contribution >= 4 is 40.9 Å². The predicted octanol–water partition coefficient (Wildman–Crippen LogP) is 3.51. The van der Waals surface area contributed by atoms with Gasteiger partial charge in [-0.15, -0.1) is 0 Å². The number of benzene rings is 1. The molecular weight excluding hydrogens is 322 g/mol. The fourth-order valence-electron chi connectivity index (χ4n) is 2.14. The van der Waals surface area contributed by atoms with Crippen molar-refractivity contribution in [3.8, 4) is 0 Å². The van der Waals surface area contributed by atoms with E-state index in [0.717, 1.165) is 18.6 Å². The number of nitrogens with one attached hydrogen (secondary N) is 2. The first kappa shape index (κ1) is 15.9. The topological polar surface area (TPSA) is 78.4 Å². The average molecular weight is 335 g/mol. The highest BCUT2D eigenvalue weighted by molar-refractivity contribution is 6.39. The van der Waals surface area contributed by atoms with E-state index in [0.29, 0.717) is 12.8 Å². The van der Waals surface area contributed by atoms with Gasteiger partial charge in [-0.2, -0.15) is 0 Å². The highest BCUT2D eigenvalue weighted by Crippen LogP contribution is 2.40. The third kappa shape index (κ3) is 3.39. The van der Waals surface area contributed by atoms with E-state index >= 15 is 0 Å². The van der Waals surface area contributed by atoms with E-state index in [1.165, 1.54) is 0 Å². The fourth-order valence-corrected chi connectivity index (χ4v) is 2.69. The van der Waals surface area contributed by atoms with Crippen molar-refractivity contribution in [2.75, 3.05) is 11.9 Å². The molecule has 0 spiro atoms. The van der Waals surface area contributed by atoms with Gasteiger partial charge < -0.3 is 15.7 Å². The molecular formula is C13H13Cl2FN2O3. The third-order valence-electron chi connectivity index (χ3n) is 3.60. The zero-order valence-corrected chi connectivity index (χ0v) is 12.4. The molecule has 3 N–H and O–H groups in total. The molecule has 1 aliphatic rings. The lowest BCUT2D eigenvalue weighted by Gasteiger charge is -2.37. The first-order valence-electron chi connectivity index (χ1n) is 6.27. The minimum absolute atomic E-state index is 0.0185. The lowest BCUT2D eigenvalue weighted by atomic mass is 9.69. The van der Waals surface area contributed by atoms with Gasteiger partial charge in [0.15, 0.2) is 0 Å². The maximum Gasteiger partial charge on any atom is 0.319 e. The Hall–Kier alpha value is -1.53. The van der Waals surface area contributed by atoms with Gasteiger partial charge in [-0.25, -0.2) is 9.18 Å². The molecule has 114 valence electrons. The van der Waals surface area contributed by atoms with Crippen LogP contribution < -0.4 is 10.6 Å². The Morgan fingerprint density at radius 2 is 1.86 bits per heavy atom. The molecule has 1 aromatic rings. The molecule has 1 fully saturated rings. The van der Waals surface area contributed by atoms with E-state index < -0.39 is 23.2 Å². The van der Waals surface area contributed by atoms with Crippen molar-refractivity contribution < 1.29 is 19.1 Å². The largest absolute Gasteiger partial charge is 0.481 e. The molecule has 0 heterocycles. The van der Waals surface area contributed by atoms with Crippen LogP contribution in [0.3, 0.4) is 0 Å². The Labute approximate surface area is 130 Å². The molecule has 0 aliphatic heterocycles. The Balaban J connectivity index is 1.98. The molecule has 0 atom stereocenters. The number of hydrogen-bond acceptors (Lipinski definition) is 2. The highest BCUT2D eigenvalue weighted by Gasteiger charge is 2.44. The van der Waals surface area contributed by atoms with Gasteiger partial charge >= 0.3 is 12.0 Å². The Bertz CT molecular complexity index is 568. The first-order chi connectivity index (χ1) is 9.84. The summed E-state index contributed by atoms with van der Waals surface area (Å²) in [6.07, 6.45) is 1.88. The van der Waals surface area contributed by atoms with Crippen LogP contribution in [-0.4, -0.2) is 23.7 Å². The summed E-state index contributed by atoms with van der Waals surface area (Å²) in [5, 5.41) is 14.0. The quantitative estimate of drug-likeness (QED) is 0.788. The molecule has 2 rings (SSSR count). The summed E-state index contributed by atoms with van der Waals surface area (Å²) in [5.41, 5.74) is -0.816. The minimum atomic E-state index is -0.924. The van der Waals surface area contributed by atoms with Gasteiger partial charge in [-0.3, -0.25) is 4.79 Å². The second kappa shape index (κ2) is 6.07. The lowest BCUT2D eigenvalue weighted by Crippen LogP contribution is -2.48. The molecule has 0 saturated heterocycles. The number of halogens is 3. The van der Waals surface area contributed by atoms with E-state index in [-0.39, 0.29) is 22.3 Å². The molecule has 1 aliphatic carbocycles. The van der Waals surface area contributed by atoms with Crippen LogP contribution >= 0.6 is 23.2 Å². The molecule has 1 aromatic carbocycles. The minimum Gasteiger partial charge on any atom is -0.481 e. The van der Waals surface area contributed by atoms with Crippen molar-refractivity contribution in [3.05, 3.63) is 28.0 Å². The number of carboxylic acids is 1. The SMILES string of the molecule is O=C(NCC1(C(=O)O)CCC1)Nc1c(Cl)cc(F)cc1Cl. The normalized spacial score (nSPS) is 16.0. The summed E-state index contributed by atoms with van der Waals surface area (Å²) in [6, 6.07) is 1.40. The van der Waals surface area contributed by atoms with Gasteiger partial charge in [0.1, 0.15) is 5.82 Å². The molecule has 21 heavy (non-hydrogen) atoms. The predicted molar refractivity (Wildman–Crippen MR) is 77.4 cm³/mol. The van der Waals surface area contributed by atoms with Crippen LogP contribution in [0.1, 0.15) is 19.3 Å². The molecule has 0 aromatic heterocycles. The first-order valence-corrected chi connectivity index (χ1v) is 7.02. The third-order valence-corrected chi connectivity index (χ3v) is 4.19. The summed E-state index contributed by atoms with van der Waals surface area (Å²) >= 11 is 11.6. The van der Waals surface area contributed by atoms with Crippen molar-refractivity contribution in [1.82, 2.24) is 5.32 Å². The molecule has 1 saturated carbocycles. The summed E-state index contributed by atoms with van der Waals surface area (Å²) in [5.74, 6) is -1.54. The van der Waals surface area contributed by atoms with Crippen LogP contribution in [-0.2, 0) is 4.79 Å². The smallest absolute Gasteiger partial charge is 0.319 e. The van der Waals surface area contributed by atoms with E-state index in [2.05, 4.69) is 10.6 Å². The van der Waals surface area contributed by atoms with Gasteiger partial charge in [-0.05, 0) is 25.0 Å². The number of rotatable bonds is 4. The van der Waals surface area contributed by atoms with E-state index in [9.17, 15) is 14.0 Å². The van der Waals surface area contributed by atoms with Crippen LogP contribution in [0.2, 0.25) is 10.0 Å². The number of carboxylic acid groups (broad SMARTS) is 1. The Morgan fingerprint density at radius 3 is 2.29 bits per heavy atom. The van der Waals surface area contributed by atoms with Gasteiger partial charge in [0.25, 0.3) is 0 Å². The van der Waals surface area contributed by atoms with Crippen molar-refractivity contribution in [2.45, 2.75) is 19.3 Å². The van der Waals surface area contributed by atoms with E-state index in [1.807, 2.05) is 0 Å². The van der Waals surface area contributed by atoms with Gasteiger partial charge in [0.2, 0.25) is 0 Å². The van der Waals surface area contributed by atoms with Crippen LogP contribution in [0, 0.1) is 11.2 Å². The van der Waals surface area contributed by atoms with Crippen LogP contribution in [0.15, 0.2) is 12.1 Å². The Kier molecular flexibility index (Phi) is 4.58. The molecule has 8 heteroatoms. The average Bonchev–Trinajstić information content (AvgIpc) is 2.31. The number of carbonyl (C=O) groups excluding carboxylic acids is 1. The highest BCUT2D eigenvalue weighted by atomic mass is 35.5. The van der Waals surface area contributed by atoms with Gasteiger partial charge in [0.05, 0.1) is 21.1 Å². The number of aliphatic carboxylic acids is 1. The van der Waals surface area contributed by atoms with Gasteiger partial charge in [-0.1, -0.05) is 29.6 Å². The Morgan fingerprint density at radius 1 is 1.29 bits per heavy atom. The van der Waals surface area contributed by atoms with Crippen LogP contribution in [0.5, 0.6) is 0 Å². The van der Waals surface area contributed by atoms with Crippen molar-refractivity contribution in [1.29, 1.82) is 0 Å². The number of anilines is 1. The lowest BCUT2D eigenvalue weighted by molar-refractivity contribution is -0.153. The van der Waals surface area contributed by atoms with E-state index in [1.54, 1.807) is 0 Å². The molecule has 0 bridgehead atoms. The van der Waals surface area contributed by atoms with Crippen LogP contribution in [0.4, 0.5) is 14.9 Å². The monoisotopic (exact) mass is 334 g/mol. The van der Waals surface area contributed by atoms with Crippen molar-refractivity contribution in [2.24, 2.45) is 5.41 Å². The zero-order chi connectivity index (χ0) is 15.6. The summed E-state index contributed by atoms with van der Waals surface area (Å²) < 4.78 is 13.0. The maximum atomic E-state index is 13.0. The summed E-state index contributed by atoms with van der Waals surface area (Å²) in [4.78, 5) is 22.9. The van der Waals surface area contributed by atoms with Crippen LogP contribution in [0.25, 0.3) is 0 Å². The number of hydrogen-bond donors (Lipinski definition) is 3. The zero-order valence-electron chi connectivity index (χ0n) is 10.9. The number of amides is 2. The molecule has 0 radical (unpaired) electrons. The maximum absolute atomic E-state index is 13.0. The molecule has 0 unspecified atom stereocenters. The number of urea groups is 1. The van der Waals surface area contributed by atoms with E-state index in [4.69, 9.17) is 28.3 Å². The second-order valence-corrected chi connectivity index (χ2v) is 5.81.